The van der Waals surface area contributed by atoms with Crippen LogP contribution in [0.3, 0.4) is 0 Å². The zero-order valence-electron chi connectivity index (χ0n) is 7.66. The van der Waals surface area contributed by atoms with Gasteiger partial charge in [-0.25, -0.2) is 0 Å². The molecule has 0 bridgehead atoms. The lowest BCUT2D eigenvalue weighted by Crippen LogP contribution is -2.13. The SMILES string of the molecule is CC(Oc1ccc(Cl)cc1)C1CC1. The molecular formula is C11H13ClO. The third kappa shape index (κ3) is 2.38. The monoisotopic (exact) mass is 196 g/mol. The first kappa shape index (κ1) is 8.89. The van der Waals surface area contributed by atoms with E-state index in [4.69, 9.17) is 16.3 Å². The standard InChI is InChI=1S/C11H13ClO/c1-8(9-2-3-9)13-11-6-4-10(12)5-7-11/h4-9H,2-3H2,1H3. The van der Waals surface area contributed by atoms with Gasteiger partial charge < -0.3 is 4.74 Å². The maximum atomic E-state index is 5.77. The Kier molecular flexibility index (Phi) is 2.45. The number of benzene rings is 1. The molecule has 1 aliphatic rings. The summed E-state index contributed by atoms with van der Waals surface area (Å²) in [5, 5.41) is 0.756. The van der Waals surface area contributed by atoms with Gasteiger partial charge in [0.05, 0.1) is 6.10 Å². The number of ether oxygens (including phenoxy) is 1. The van der Waals surface area contributed by atoms with E-state index >= 15 is 0 Å². The van der Waals surface area contributed by atoms with Gasteiger partial charge >= 0.3 is 0 Å². The summed E-state index contributed by atoms with van der Waals surface area (Å²) in [6, 6.07) is 7.55. The molecule has 0 amide bonds. The highest BCUT2D eigenvalue weighted by Gasteiger charge is 2.29. The molecule has 1 nitrogen and oxygen atoms in total. The summed E-state index contributed by atoms with van der Waals surface area (Å²) in [7, 11) is 0. The molecule has 70 valence electrons. The summed E-state index contributed by atoms with van der Waals surface area (Å²) in [6.07, 6.45) is 2.98. The van der Waals surface area contributed by atoms with Gasteiger partial charge in [-0.3, -0.25) is 0 Å². The van der Waals surface area contributed by atoms with E-state index in [1.54, 1.807) is 0 Å². The molecule has 0 aromatic heterocycles. The smallest absolute Gasteiger partial charge is 0.119 e. The first-order valence-corrected chi connectivity index (χ1v) is 5.06. The predicted molar refractivity (Wildman–Crippen MR) is 54.3 cm³/mol. The molecule has 1 saturated carbocycles. The molecule has 1 unspecified atom stereocenters. The van der Waals surface area contributed by atoms with Gasteiger partial charge in [-0.15, -0.1) is 0 Å². The van der Waals surface area contributed by atoms with Crippen molar-refractivity contribution in [3.8, 4) is 5.75 Å². The van der Waals surface area contributed by atoms with Crippen LogP contribution in [-0.4, -0.2) is 6.10 Å². The van der Waals surface area contributed by atoms with Crippen LogP contribution in [0.1, 0.15) is 19.8 Å². The van der Waals surface area contributed by atoms with Crippen molar-refractivity contribution in [1.29, 1.82) is 0 Å². The van der Waals surface area contributed by atoms with Crippen LogP contribution in [0.4, 0.5) is 0 Å². The zero-order valence-corrected chi connectivity index (χ0v) is 8.42. The topological polar surface area (TPSA) is 9.23 Å². The number of hydrogen-bond acceptors (Lipinski definition) is 1. The van der Waals surface area contributed by atoms with Crippen molar-refractivity contribution in [2.75, 3.05) is 0 Å². The highest BCUT2D eigenvalue weighted by atomic mass is 35.5. The summed E-state index contributed by atoms with van der Waals surface area (Å²) in [6.45, 7) is 2.13. The predicted octanol–water partition coefficient (Wildman–Crippen LogP) is 3.52. The Morgan fingerprint density at radius 3 is 2.46 bits per heavy atom. The molecule has 0 aliphatic heterocycles. The molecule has 0 spiro atoms. The van der Waals surface area contributed by atoms with E-state index in [-0.39, 0.29) is 0 Å². The van der Waals surface area contributed by atoms with E-state index in [0.29, 0.717) is 6.10 Å². The molecule has 2 rings (SSSR count). The molecule has 2 heteroatoms. The molecule has 0 heterocycles. The molecule has 1 atom stereocenters. The maximum absolute atomic E-state index is 5.77. The van der Waals surface area contributed by atoms with Crippen molar-refractivity contribution in [1.82, 2.24) is 0 Å². The largest absolute Gasteiger partial charge is 0.490 e. The van der Waals surface area contributed by atoms with Gasteiger partial charge in [-0.1, -0.05) is 11.6 Å². The second kappa shape index (κ2) is 3.59. The van der Waals surface area contributed by atoms with E-state index in [2.05, 4.69) is 6.92 Å². The van der Waals surface area contributed by atoms with Crippen molar-refractivity contribution in [2.24, 2.45) is 5.92 Å². The van der Waals surface area contributed by atoms with Gasteiger partial charge in [0.15, 0.2) is 0 Å². The fourth-order valence-electron chi connectivity index (χ4n) is 1.39. The first-order valence-electron chi connectivity index (χ1n) is 4.68. The minimum Gasteiger partial charge on any atom is -0.490 e. The van der Waals surface area contributed by atoms with E-state index < -0.39 is 0 Å². The van der Waals surface area contributed by atoms with Crippen molar-refractivity contribution in [3.63, 3.8) is 0 Å². The molecule has 0 radical (unpaired) electrons. The Morgan fingerprint density at radius 1 is 1.31 bits per heavy atom. The quantitative estimate of drug-likeness (QED) is 0.719. The minimum absolute atomic E-state index is 0.348. The van der Waals surface area contributed by atoms with Gasteiger partial charge in [0.1, 0.15) is 5.75 Å². The van der Waals surface area contributed by atoms with Crippen LogP contribution in [-0.2, 0) is 0 Å². The zero-order chi connectivity index (χ0) is 9.26. The molecule has 0 saturated heterocycles. The second-order valence-corrected chi connectivity index (χ2v) is 4.05. The summed E-state index contributed by atoms with van der Waals surface area (Å²) in [5.41, 5.74) is 0. The molecule has 1 aromatic carbocycles. The molecule has 13 heavy (non-hydrogen) atoms. The van der Waals surface area contributed by atoms with Crippen LogP contribution >= 0.6 is 11.6 Å². The third-order valence-electron chi connectivity index (χ3n) is 2.42. The van der Waals surface area contributed by atoms with Gasteiger partial charge in [0, 0.05) is 5.02 Å². The van der Waals surface area contributed by atoms with Crippen molar-refractivity contribution in [2.45, 2.75) is 25.9 Å². The molecule has 1 fully saturated rings. The Bertz CT molecular complexity index is 277. The Labute approximate surface area is 83.7 Å². The Balaban J connectivity index is 1.96. The fraction of sp³-hybridized carbons (Fsp3) is 0.455. The van der Waals surface area contributed by atoms with Crippen LogP contribution in [0.25, 0.3) is 0 Å². The second-order valence-electron chi connectivity index (χ2n) is 3.61. The van der Waals surface area contributed by atoms with Crippen LogP contribution < -0.4 is 4.74 Å². The van der Waals surface area contributed by atoms with Crippen molar-refractivity contribution in [3.05, 3.63) is 29.3 Å². The molecule has 0 N–H and O–H groups in total. The minimum atomic E-state index is 0.348. The molecular weight excluding hydrogens is 184 g/mol. The van der Waals surface area contributed by atoms with Gasteiger partial charge in [-0.05, 0) is 49.9 Å². The van der Waals surface area contributed by atoms with E-state index in [1.807, 2.05) is 24.3 Å². The number of rotatable bonds is 3. The fourth-order valence-corrected chi connectivity index (χ4v) is 1.52. The highest BCUT2D eigenvalue weighted by molar-refractivity contribution is 6.30. The summed E-state index contributed by atoms with van der Waals surface area (Å²) in [4.78, 5) is 0. The lowest BCUT2D eigenvalue weighted by atomic mass is 10.2. The Morgan fingerprint density at radius 2 is 1.92 bits per heavy atom. The first-order chi connectivity index (χ1) is 6.25. The average Bonchev–Trinajstić information content (AvgIpc) is 2.91. The lowest BCUT2D eigenvalue weighted by Gasteiger charge is -2.13. The lowest BCUT2D eigenvalue weighted by molar-refractivity contribution is 0.198. The van der Waals surface area contributed by atoms with Crippen LogP contribution in [0.5, 0.6) is 5.75 Å². The number of hydrogen-bond donors (Lipinski definition) is 0. The van der Waals surface area contributed by atoms with Gasteiger partial charge in [0.2, 0.25) is 0 Å². The Hall–Kier alpha value is -0.690. The molecule has 1 aromatic rings. The van der Waals surface area contributed by atoms with Gasteiger partial charge in [-0.2, -0.15) is 0 Å². The average molecular weight is 197 g/mol. The normalized spacial score (nSPS) is 18.3. The van der Waals surface area contributed by atoms with Crippen molar-refractivity contribution >= 4 is 11.6 Å². The van der Waals surface area contributed by atoms with E-state index in [0.717, 1.165) is 16.7 Å². The van der Waals surface area contributed by atoms with Crippen LogP contribution in [0.15, 0.2) is 24.3 Å². The van der Waals surface area contributed by atoms with E-state index in [9.17, 15) is 0 Å². The summed E-state index contributed by atoms with van der Waals surface area (Å²) >= 11 is 5.77. The maximum Gasteiger partial charge on any atom is 0.119 e. The highest BCUT2D eigenvalue weighted by Crippen LogP contribution is 2.34. The number of halogens is 1. The molecule has 1 aliphatic carbocycles. The van der Waals surface area contributed by atoms with E-state index in [1.165, 1.54) is 12.8 Å². The van der Waals surface area contributed by atoms with Crippen molar-refractivity contribution < 1.29 is 4.74 Å². The van der Waals surface area contributed by atoms with Crippen LogP contribution in [0.2, 0.25) is 5.02 Å². The van der Waals surface area contributed by atoms with Crippen LogP contribution in [0, 0.1) is 5.92 Å². The summed E-state index contributed by atoms with van der Waals surface area (Å²) in [5.74, 6) is 1.69. The van der Waals surface area contributed by atoms with Gasteiger partial charge in [0.25, 0.3) is 0 Å². The summed E-state index contributed by atoms with van der Waals surface area (Å²) < 4.78 is 5.73. The third-order valence-corrected chi connectivity index (χ3v) is 2.67.